The average Bonchev–Trinajstić information content (AvgIpc) is 3.44. The largest absolute Gasteiger partial charge is 0.497 e. The van der Waals surface area contributed by atoms with E-state index in [4.69, 9.17) is 19.3 Å². The number of thiophene rings is 1. The van der Waals surface area contributed by atoms with E-state index < -0.39 is 0 Å². The molecule has 2 aliphatic heterocycles. The van der Waals surface area contributed by atoms with Gasteiger partial charge >= 0.3 is 0 Å². The van der Waals surface area contributed by atoms with E-state index in [1.165, 1.54) is 0 Å². The Morgan fingerprint density at radius 2 is 2.03 bits per heavy atom. The minimum absolute atomic E-state index is 0.112. The van der Waals surface area contributed by atoms with E-state index in [1.54, 1.807) is 18.4 Å². The highest BCUT2D eigenvalue weighted by molar-refractivity contribution is 7.07. The molecular formula is C23H22N2O3S. The van der Waals surface area contributed by atoms with Gasteiger partial charge in [0.25, 0.3) is 0 Å². The number of benzene rings is 2. The van der Waals surface area contributed by atoms with Crippen LogP contribution in [-0.4, -0.2) is 24.4 Å². The highest BCUT2D eigenvalue weighted by Crippen LogP contribution is 2.50. The van der Waals surface area contributed by atoms with Gasteiger partial charge in [-0.25, -0.2) is 5.01 Å². The van der Waals surface area contributed by atoms with Crippen molar-refractivity contribution in [3.63, 3.8) is 0 Å². The van der Waals surface area contributed by atoms with Crippen LogP contribution in [-0.2, 0) is 0 Å². The second-order valence-corrected chi connectivity index (χ2v) is 7.79. The number of nitrogens with zero attached hydrogens (tertiary/aromatic N) is 2. The molecule has 0 aliphatic carbocycles. The summed E-state index contributed by atoms with van der Waals surface area (Å²) in [5.41, 5.74) is 4.38. The molecule has 3 heterocycles. The molecule has 0 unspecified atom stereocenters. The van der Waals surface area contributed by atoms with Crippen molar-refractivity contribution in [1.29, 1.82) is 0 Å². The first kappa shape index (κ1) is 18.1. The Labute approximate surface area is 174 Å². The summed E-state index contributed by atoms with van der Waals surface area (Å²) in [5, 5.41) is 11.3. The van der Waals surface area contributed by atoms with Gasteiger partial charge in [-0.1, -0.05) is 12.1 Å². The van der Waals surface area contributed by atoms with Gasteiger partial charge < -0.3 is 14.2 Å². The molecule has 6 heteroatoms. The van der Waals surface area contributed by atoms with Crippen molar-refractivity contribution in [2.45, 2.75) is 25.6 Å². The van der Waals surface area contributed by atoms with Gasteiger partial charge in [-0.05, 0) is 59.6 Å². The average molecular weight is 407 g/mol. The molecule has 5 rings (SSSR count). The van der Waals surface area contributed by atoms with Gasteiger partial charge in [-0.15, -0.1) is 0 Å². The summed E-state index contributed by atoms with van der Waals surface area (Å²) < 4.78 is 17.6. The maximum atomic E-state index is 6.48. The van der Waals surface area contributed by atoms with Crippen molar-refractivity contribution in [3.8, 4) is 17.2 Å². The predicted octanol–water partition coefficient (Wildman–Crippen LogP) is 5.40. The number of methoxy groups -OCH3 is 1. The lowest BCUT2D eigenvalue weighted by molar-refractivity contribution is -0.0209. The molecule has 1 aromatic heterocycles. The molecule has 148 valence electrons. The van der Waals surface area contributed by atoms with Crippen LogP contribution in [0, 0.1) is 0 Å². The molecule has 2 aromatic carbocycles. The van der Waals surface area contributed by atoms with E-state index in [0.29, 0.717) is 6.61 Å². The molecule has 0 fully saturated rings. The van der Waals surface area contributed by atoms with Crippen molar-refractivity contribution in [2.24, 2.45) is 5.10 Å². The Morgan fingerprint density at radius 3 is 2.76 bits per heavy atom. The molecule has 0 N–H and O–H groups in total. The smallest absolute Gasteiger partial charge is 0.214 e. The predicted molar refractivity (Wildman–Crippen MR) is 114 cm³/mol. The lowest BCUT2D eigenvalue weighted by Crippen LogP contribution is -2.33. The molecule has 0 saturated heterocycles. The van der Waals surface area contributed by atoms with E-state index in [-0.39, 0.29) is 12.3 Å². The Kier molecular flexibility index (Phi) is 4.64. The van der Waals surface area contributed by atoms with Gasteiger partial charge in [0.15, 0.2) is 11.5 Å². The van der Waals surface area contributed by atoms with Gasteiger partial charge in [0.05, 0.1) is 25.5 Å². The van der Waals surface area contributed by atoms with Gasteiger partial charge in [0.1, 0.15) is 5.75 Å². The molecule has 0 spiro atoms. The van der Waals surface area contributed by atoms with E-state index in [9.17, 15) is 0 Å². The Morgan fingerprint density at radius 1 is 1.17 bits per heavy atom. The van der Waals surface area contributed by atoms with Crippen LogP contribution in [0.3, 0.4) is 0 Å². The van der Waals surface area contributed by atoms with Gasteiger partial charge in [0.2, 0.25) is 6.23 Å². The van der Waals surface area contributed by atoms with E-state index in [0.717, 1.165) is 46.1 Å². The number of para-hydroxylation sites is 1. The van der Waals surface area contributed by atoms with E-state index in [2.05, 4.69) is 40.0 Å². The number of hydrogen-bond donors (Lipinski definition) is 0. The zero-order valence-corrected chi connectivity index (χ0v) is 17.2. The first-order chi connectivity index (χ1) is 14.3. The van der Waals surface area contributed by atoms with Crippen molar-refractivity contribution in [2.75, 3.05) is 13.7 Å². The minimum Gasteiger partial charge on any atom is -0.497 e. The van der Waals surface area contributed by atoms with Crippen LogP contribution in [0.2, 0.25) is 0 Å². The van der Waals surface area contributed by atoms with E-state index in [1.807, 2.05) is 31.2 Å². The van der Waals surface area contributed by atoms with Crippen molar-refractivity contribution < 1.29 is 14.2 Å². The van der Waals surface area contributed by atoms with Crippen LogP contribution in [0.15, 0.2) is 64.4 Å². The maximum Gasteiger partial charge on any atom is 0.214 e. The SMILES string of the molecule is CCOc1cccc2c1O[C@@H](c1ccsc1)N1N=C(c3ccc(OC)cc3)C[C@@H]21. The molecule has 0 bridgehead atoms. The fourth-order valence-corrected chi connectivity index (χ4v) is 4.61. The third-order valence-corrected chi connectivity index (χ3v) is 6.03. The molecule has 0 saturated carbocycles. The summed E-state index contributed by atoms with van der Waals surface area (Å²) in [6.07, 6.45) is 0.551. The zero-order chi connectivity index (χ0) is 19.8. The summed E-state index contributed by atoms with van der Waals surface area (Å²) in [7, 11) is 1.68. The molecule has 29 heavy (non-hydrogen) atoms. The van der Waals surface area contributed by atoms with Crippen LogP contribution in [0.25, 0.3) is 0 Å². The molecule has 2 atom stereocenters. The number of hydrogen-bond acceptors (Lipinski definition) is 6. The Hall–Kier alpha value is -2.99. The second-order valence-electron chi connectivity index (χ2n) is 7.01. The topological polar surface area (TPSA) is 43.3 Å². The van der Waals surface area contributed by atoms with Crippen molar-refractivity contribution in [3.05, 3.63) is 76.0 Å². The summed E-state index contributed by atoms with van der Waals surface area (Å²) in [4.78, 5) is 0. The fraction of sp³-hybridized carbons (Fsp3) is 0.261. The van der Waals surface area contributed by atoms with E-state index >= 15 is 0 Å². The summed E-state index contributed by atoms with van der Waals surface area (Å²) in [6, 6.07) is 16.4. The molecule has 3 aromatic rings. The third kappa shape index (κ3) is 3.13. The molecule has 0 amide bonds. The highest BCUT2D eigenvalue weighted by atomic mass is 32.1. The Bertz CT molecular complexity index is 1030. The number of ether oxygens (including phenoxy) is 3. The van der Waals surface area contributed by atoms with Gasteiger partial charge in [-0.3, -0.25) is 0 Å². The number of rotatable bonds is 5. The van der Waals surface area contributed by atoms with Crippen LogP contribution >= 0.6 is 11.3 Å². The molecular weight excluding hydrogens is 384 g/mol. The monoisotopic (exact) mass is 406 g/mol. The molecule has 2 aliphatic rings. The van der Waals surface area contributed by atoms with Crippen LogP contribution in [0.4, 0.5) is 0 Å². The maximum absolute atomic E-state index is 6.48. The van der Waals surface area contributed by atoms with Crippen molar-refractivity contribution >= 4 is 17.0 Å². The lowest BCUT2D eigenvalue weighted by atomic mass is 9.95. The molecule has 0 radical (unpaired) electrons. The van der Waals surface area contributed by atoms with Crippen LogP contribution < -0.4 is 14.2 Å². The summed E-state index contributed by atoms with van der Waals surface area (Å²) >= 11 is 1.66. The third-order valence-electron chi connectivity index (χ3n) is 5.33. The summed E-state index contributed by atoms with van der Waals surface area (Å²) in [6.45, 7) is 2.59. The first-order valence-corrected chi connectivity index (χ1v) is 10.7. The first-order valence-electron chi connectivity index (χ1n) is 9.73. The van der Waals surface area contributed by atoms with Gasteiger partial charge in [0, 0.05) is 17.5 Å². The zero-order valence-electron chi connectivity index (χ0n) is 16.4. The summed E-state index contributed by atoms with van der Waals surface area (Å²) in [5.74, 6) is 2.47. The standard InChI is InChI=1S/C23H22N2O3S/c1-3-27-21-6-4-5-18-20-13-19(15-7-9-17(26-2)10-8-15)24-25(20)23(28-22(18)21)16-11-12-29-14-16/h4-12,14,20,23H,3,13H2,1-2H3/t20-,23-/m0/s1. The highest BCUT2D eigenvalue weighted by Gasteiger charge is 2.42. The quantitative estimate of drug-likeness (QED) is 0.569. The lowest BCUT2D eigenvalue weighted by Gasteiger charge is -2.38. The van der Waals surface area contributed by atoms with Gasteiger partial charge in [-0.2, -0.15) is 16.4 Å². The minimum atomic E-state index is -0.267. The van der Waals surface area contributed by atoms with Crippen molar-refractivity contribution in [1.82, 2.24) is 5.01 Å². The van der Waals surface area contributed by atoms with Crippen LogP contribution in [0.1, 0.15) is 42.3 Å². The van der Waals surface area contributed by atoms with Crippen LogP contribution in [0.5, 0.6) is 17.2 Å². The fourth-order valence-electron chi connectivity index (χ4n) is 3.95. The second kappa shape index (κ2) is 7.44. The number of fused-ring (bicyclic) bond motifs is 3. The Balaban J connectivity index is 1.57. The normalized spacial score (nSPS) is 19.8. The number of hydrazone groups is 1. The molecule has 5 nitrogen and oxygen atoms in total.